The Bertz CT molecular complexity index is 791. The van der Waals surface area contributed by atoms with Gasteiger partial charge in [0.1, 0.15) is 5.75 Å². The van der Waals surface area contributed by atoms with Crippen LogP contribution in [0, 0.1) is 27.7 Å². The average Bonchev–Trinajstić information content (AvgIpc) is 2.36. The van der Waals surface area contributed by atoms with E-state index in [0.29, 0.717) is 17.0 Å². The molecule has 0 heterocycles. The largest absolute Gasteiger partial charge is 0.496 e. The van der Waals surface area contributed by atoms with Gasteiger partial charge in [-0.1, -0.05) is 12.1 Å². The van der Waals surface area contributed by atoms with Gasteiger partial charge in [-0.15, -0.1) is 0 Å². The zero-order valence-corrected chi connectivity index (χ0v) is 14.3. The van der Waals surface area contributed by atoms with Gasteiger partial charge in [0.25, 0.3) is 10.0 Å². The summed E-state index contributed by atoms with van der Waals surface area (Å²) < 4.78 is 33.2. The maximum absolute atomic E-state index is 12.7. The summed E-state index contributed by atoms with van der Waals surface area (Å²) in [6.07, 6.45) is 0. The highest BCUT2D eigenvalue weighted by molar-refractivity contribution is 7.92. The molecule has 0 fully saturated rings. The van der Waals surface area contributed by atoms with Gasteiger partial charge in [0, 0.05) is 11.8 Å². The second kappa shape index (κ2) is 6.01. The van der Waals surface area contributed by atoms with Crippen LogP contribution in [-0.2, 0) is 10.0 Å². The molecule has 0 saturated heterocycles. The zero-order chi connectivity index (χ0) is 16.5. The minimum absolute atomic E-state index is 0.231. The topological polar surface area (TPSA) is 55.4 Å². The lowest BCUT2D eigenvalue weighted by Crippen LogP contribution is -2.15. The average molecular weight is 319 g/mol. The molecule has 0 bridgehead atoms. The number of hydrogen-bond donors (Lipinski definition) is 1. The highest BCUT2D eigenvalue weighted by atomic mass is 32.2. The van der Waals surface area contributed by atoms with Crippen LogP contribution in [0.15, 0.2) is 35.2 Å². The maximum atomic E-state index is 12.7. The lowest BCUT2D eigenvalue weighted by Gasteiger charge is -2.14. The van der Waals surface area contributed by atoms with Gasteiger partial charge in [0.2, 0.25) is 0 Å². The minimum Gasteiger partial charge on any atom is -0.496 e. The number of ether oxygens (including phenoxy) is 1. The number of nitrogens with one attached hydrogen (secondary N) is 1. The van der Waals surface area contributed by atoms with E-state index in [9.17, 15) is 8.42 Å². The first kappa shape index (κ1) is 16.4. The van der Waals surface area contributed by atoms with Crippen LogP contribution in [-0.4, -0.2) is 15.5 Å². The van der Waals surface area contributed by atoms with Gasteiger partial charge in [-0.05, 0) is 62.1 Å². The Kier molecular flexibility index (Phi) is 4.47. The Morgan fingerprint density at radius 2 is 1.45 bits per heavy atom. The molecular formula is C17H21NO3S. The normalized spacial score (nSPS) is 11.3. The number of benzene rings is 2. The summed E-state index contributed by atoms with van der Waals surface area (Å²) in [6.45, 7) is 7.54. The van der Waals surface area contributed by atoms with E-state index >= 15 is 0 Å². The van der Waals surface area contributed by atoms with Crippen molar-refractivity contribution in [3.8, 4) is 5.75 Å². The fraction of sp³-hybridized carbons (Fsp3) is 0.294. The van der Waals surface area contributed by atoms with Crippen molar-refractivity contribution in [1.29, 1.82) is 0 Å². The molecule has 0 amide bonds. The molecule has 0 saturated carbocycles. The molecule has 1 N–H and O–H groups in total. The van der Waals surface area contributed by atoms with E-state index in [-0.39, 0.29) is 4.90 Å². The highest BCUT2D eigenvalue weighted by Crippen LogP contribution is 2.27. The minimum atomic E-state index is -3.66. The zero-order valence-electron chi connectivity index (χ0n) is 13.5. The number of hydrogen-bond acceptors (Lipinski definition) is 3. The van der Waals surface area contributed by atoms with Crippen molar-refractivity contribution in [3.05, 3.63) is 52.6 Å². The summed E-state index contributed by atoms with van der Waals surface area (Å²) in [5.74, 6) is 0.561. The third kappa shape index (κ3) is 3.42. The predicted octanol–water partition coefficient (Wildman–Crippen LogP) is 3.73. The first-order chi connectivity index (χ1) is 10.2. The van der Waals surface area contributed by atoms with Gasteiger partial charge in [0.15, 0.2) is 0 Å². The van der Waals surface area contributed by atoms with Crippen LogP contribution in [0.25, 0.3) is 0 Å². The van der Waals surface area contributed by atoms with Gasteiger partial charge < -0.3 is 4.74 Å². The van der Waals surface area contributed by atoms with Crippen molar-refractivity contribution in [3.63, 3.8) is 0 Å². The third-order valence-electron chi connectivity index (χ3n) is 3.46. The van der Waals surface area contributed by atoms with E-state index in [1.54, 1.807) is 13.0 Å². The van der Waals surface area contributed by atoms with Crippen LogP contribution in [0.3, 0.4) is 0 Å². The van der Waals surface area contributed by atoms with Crippen LogP contribution in [0.1, 0.15) is 22.3 Å². The Labute approximate surface area is 132 Å². The Balaban J connectivity index is 2.46. The van der Waals surface area contributed by atoms with Crippen LogP contribution < -0.4 is 9.46 Å². The predicted molar refractivity (Wildman–Crippen MR) is 89.2 cm³/mol. The monoisotopic (exact) mass is 319 g/mol. The van der Waals surface area contributed by atoms with Crippen LogP contribution >= 0.6 is 0 Å². The van der Waals surface area contributed by atoms with E-state index < -0.39 is 10.0 Å². The summed E-state index contributed by atoms with van der Waals surface area (Å²) in [6, 6.07) is 9.00. The van der Waals surface area contributed by atoms with Crippen molar-refractivity contribution < 1.29 is 13.2 Å². The van der Waals surface area contributed by atoms with Crippen LogP contribution in [0.4, 0.5) is 5.69 Å². The number of anilines is 1. The second-order valence-corrected chi connectivity index (χ2v) is 7.22. The summed E-state index contributed by atoms with van der Waals surface area (Å²) >= 11 is 0. The van der Waals surface area contributed by atoms with Gasteiger partial charge in [-0.2, -0.15) is 0 Å². The summed E-state index contributed by atoms with van der Waals surface area (Å²) in [5.41, 5.74) is 4.18. The maximum Gasteiger partial charge on any atom is 0.262 e. The van der Waals surface area contributed by atoms with E-state index in [1.807, 2.05) is 45.0 Å². The Morgan fingerprint density at radius 1 is 0.864 bits per heavy atom. The molecule has 0 spiro atoms. The molecule has 2 rings (SSSR count). The molecule has 0 aliphatic carbocycles. The summed E-state index contributed by atoms with van der Waals surface area (Å²) in [4.78, 5) is 0.231. The van der Waals surface area contributed by atoms with Crippen molar-refractivity contribution in [2.75, 3.05) is 11.8 Å². The molecule has 5 heteroatoms. The molecule has 0 unspecified atom stereocenters. The smallest absolute Gasteiger partial charge is 0.262 e. The summed E-state index contributed by atoms with van der Waals surface area (Å²) in [7, 11) is -2.12. The van der Waals surface area contributed by atoms with E-state index in [0.717, 1.165) is 16.7 Å². The third-order valence-corrected chi connectivity index (χ3v) is 4.98. The molecule has 0 radical (unpaired) electrons. The molecular weight excluding hydrogens is 298 g/mol. The van der Waals surface area contributed by atoms with Crippen molar-refractivity contribution in [2.45, 2.75) is 32.6 Å². The number of aryl methyl sites for hydroxylation is 4. The Hall–Kier alpha value is -2.01. The fourth-order valence-electron chi connectivity index (χ4n) is 2.57. The number of rotatable bonds is 4. The molecule has 2 aromatic rings. The van der Waals surface area contributed by atoms with E-state index in [2.05, 4.69) is 4.72 Å². The number of sulfonamides is 1. The van der Waals surface area contributed by atoms with Gasteiger partial charge in [-0.25, -0.2) is 8.42 Å². The fourth-order valence-corrected chi connectivity index (χ4v) is 3.85. The van der Waals surface area contributed by atoms with Crippen molar-refractivity contribution >= 4 is 15.7 Å². The van der Waals surface area contributed by atoms with Crippen LogP contribution in [0.5, 0.6) is 5.75 Å². The second-order valence-electron chi connectivity index (χ2n) is 5.57. The van der Waals surface area contributed by atoms with Gasteiger partial charge >= 0.3 is 0 Å². The molecule has 4 nitrogen and oxygen atoms in total. The molecule has 0 atom stereocenters. The SMILES string of the molecule is COc1cc(S(=O)(=O)Nc2cc(C)cc(C)c2)c(C)cc1C. The van der Waals surface area contributed by atoms with Crippen molar-refractivity contribution in [1.82, 2.24) is 0 Å². The lowest BCUT2D eigenvalue weighted by molar-refractivity contribution is 0.410. The van der Waals surface area contributed by atoms with Crippen molar-refractivity contribution in [2.24, 2.45) is 0 Å². The molecule has 0 aliphatic rings. The van der Waals surface area contributed by atoms with Gasteiger partial charge in [0.05, 0.1) is 12.0 Å². The van der Waals surface area contributed by atoms with E-state index in [1.165, 1.54) is 7.11 Å². The van der Waals surface area contributed by atoms with Gasteiger partial charge in [-0.3, -0.25) is 4.72 Å². The molecule has 2 aromatic carbocycles. The molecule has 22 heavy (non-hydrogen) atoms. The molecule has 0 aliphatic heterocycles. The Morgan fingerprint density at radius 3 is 2.00 bits per heavy atom. The number of methoxy groups -OCH3 is 1. The first-order valence-electron chi connectivity index (χ1n) is 6.99. The summed E-state index contributed by atoms with van der Waals surface area (Å²) in [5, 5.41) is 0. The van der Waals surface area contributed by atoms with E-state index in [4.69, 9.17) is 4.74 Å². The quantitative estimate of drug-likeness (QED) is 0.934. The highest BCUT2D eigenvalue weighted by Gasteiger charge is 2.19. The standard InChI is InChI=1S/C17H21NO3S/c1-11-6-12(2)8-15(7-11)18-22(19,20)17-10-16(21-5)13(3)9-14(17)4/h6-10,18H,1-5H3. The first-order valence-corrected chi connectivity index (χ1v) is 8.47. The lowest BCUT2D eigenvalue weighted by atomic mass is 10.1. The molecule has 0 aromatic heterocycles. The molecule has 118 valence electrons. The van der Waals surface area contributed by atoms with Crippen LogP contribution in [0.2, 0.25) is 0 Å².